The molecule has 0 aliphatic heterocycles. The van der Waals surface area contributed by atoms with Crippen molar-refractivity contribution in [1.29, 1.82) is 0 Å². The van der Waals surface area contributed by atoms with Crippen LogP contribution in [0, 0.1) is 0 Å². The average Bonchev–Trinajstić information content (AvgIpc) is 3.28. The van der Waals surface area contributed by atoms with Crippen molar-refractivity contribution >= 4 is 24.5 Å². The number of benzene rings is 2. The van der Waals surface area contributed by atoms with E-state index in [0.29, 0.717) is 24.6 Å². The second kappa shape index (κ2) is 8.92. The standard InChI is InChI=1S/C23H21N5OS/c1-2-21(29)28(15-16-6-4-3-5-7-16)23-24-13-12-20(26-23)19-14-25-27-22(19)17-8-10-18(30)11-9-17/h3-14,30H,2,15H2,1H3,(H,25,27). The van der Waals surface area contributed by atoms with Crippen molar-refractivity contribution < 1.29 is 4.79 Å². The molecule has 4 aromatic rings. The van der Waals surface area contributed by atoms with Gasteiger partial charge in [0.25, 0.3) is 0 Å². The Hall–Kier alpha value is -3.45. The first kappa shape index (κ1) is 19.8. The molecule has 0 radical (unpaired) electrons. The summed E-state index contributed by atoms with van der Waals surface area (Å²) in [6.07, 6.45) is 3.78. The maximum Gasteiger partial charge on any atom is 0.232 e. The highest BCUT2D eigenvalue weighted by Crippen LogP contribution is 2.30. The van der Waals surface area contributed by atoms with E-state index in [1.807, 2.05) is 67.6 Å². The fourth-order valence-corrected chi connectivity index (χ4v) is 3.33. The van der Waals surface area contributed by atoms with Gasteiger partial charge in [0.15, 0.2) is 0 Å². The largest absolute Gasteiger partial charge is 0.277 e. The molecule has 0 saturated heterocycles. The molecule has 1 N–H and O–H groups in total. The van der Waals surface area contributed by atoms with Gasteiger partial charge in [0.05, 0.1) is 24.1 Å². The molecule has 0 spiro atoms. The molecule has 0 aliphatic carbocycles. The number of aromatic amines is 1. The number of rotatable bonds is 6. The van der Waals surface area contributed by atoms with E-state index < -0.39 is 0 Å². The van der Waals surface area contributed by atoms with Crippen molar-refractivity contribution in [2.45, 2.75) is 24.8 Å². The number of thiol groups is 1. The summed E-state index contributed by atoms with van der Waals surface area (Å²) in [6, 6.07) is 19.5. The summed E-state index contributed by atoms with van der Waals surface area (Å²) in [4.78, 5) is 24.2. The normalized spacial score (nSPS) is 10.7. The van der Waals surface area contributed by atoms with Crippen molar-refractivity contribution in [3.8, 4) is 22.5 Å². The van der Waals surface area contributed by atoms with Gasteiger partial charge < -0.3 is 0 Å². The molecule has 30 heavy (non-hydrogen) atoms. The molecule has 7 heteroatoms. The summed E-state index contributed by atoms with van der Waals surface area (Å²) >= 11 is 4.35. The van der Waals surface area contributed by atoms with Gasteiger partial charge in [-0.2, -0.15) is 5.10 Å². The van der Waals surface area contributed by atoms with Gasteiger partial charge >= 0.3 is 0 Å². The van der Waals surface area contributed by atoms with Crippen molar-refractivity contribution in [1.82, 2.24) is 20.2 Å². The van der Waals surface area contributed by atoms with E-state index in [1.54, 1.807) is 17.3 Å². The number of carbonyl (C=O) groups excluding carboxylic acids is 1. The first-order valence-corrected chi connectivity index (χ1v) is 10.1. The lowest BCUT2D eigenvalue weighted by Gasteiger charge is -2.20. The Kier molecular flexibility index (Phi) is 5.90. The van der Waals surface area contributed by atoms with E-state index in [-0.39, 0.29) is 5.91 Å². The van der Waals surface area contributed by atoms with Crippen LogP contribution in [0.25, 0.3) is 22.5 Å². The summed E-state index contributed by atoms with van der Waals surface area (Å²) in [6.45, 7) is 2.25. The van der Waals surface area contributed by atoms with Crippen LogP contribution in [0.1, 0.15) is 18.9 Å². The number of amides is 1. The van der Waals surface area contributed by atoms with Gasteiger partial charge in [0.1, 0.15) is 0 Å². The lowest BCUT2D eigenvalue weighted by atomic mass is 10.1. The minimum Gasteiger partial charge on any atom is -0.277 e. The number of H-pyrrole nitrogens is 1. The summed E-state index contributed by atoms with van der Waals surface area (Å²) < 4.78 is 0. The Morgan fingerprint density at radius 1 is 1.07 bits per heavy atom. The Morgan fingerprint density at radius 2 is 1.83 bits per heavy atom. The molecule has 0 fully saturated rings. The van der Waals surface area contributed by atoms with Crippen LogP contribution in [0.3, 0.4) is 0 Å². The fourth-order valence-electron chi connectivity index (χ4n) is 3.18. The zero-order chi connectivity index (χ0) is 20.9. The number of nitrogens with zero attached hydrogens (tertiary/aromatic N) is 4. The molecule has 4 rings (SSSR count). The minimum atomic E-state index is -0.0345. The van der Waals surface area contributed by atoms with Crippen LogP contribution in [-0.2, 0) is 11.3 Å². The third-order valence-corrected chi connectivity index (χ3v) is 5.04. The van der Waals surface area contributed by atoms with Crippen LogP contribution < -0.4 is 4.90 Å². The predicted molar refractivity (Wildman–Crippen MR) is 120 cm³/mol. The highest BCUT2D eigenvalue weighted by atomic mass is 32.1. The first-order chi connectivity index (χ1) is 14.7. The number of nitrogens with one attached hydrogen (secondary N) is 1. The zero-order valence-corrected chi connectivity index (χ0v) is 17.4. The highest BCUT2D eigenvalue weighted by Gasteiger charge is 2.19. The van der Waals surface area contributed by atoms with Gasteiger partial charge in [0.2, 0.25) is 11.9 Å². The molecule has 2 aromatic carbocycles. The summed E-state index contributed by atoms with van der Waals surface area (Å²) in [5.74, 6) is 0.342. The van der Waals surface area contributed by atoms with Gasteiger partial charge in [-0.25, -0.2) is 9.97 Å². The quantitative estimate of drug-likeness (QED) is 0.445. The summed E-state index contributed by atoms with van der Waals surface area (Å²) in [5, 5.41) is 7.25. The smallest absolute Gasteiger partial charge is 0.232 e. The van der Waals surface area contributed by atoms with Crippen LogP contribution >= 0.6 is 12.6 Å². The van der Waals surface area contributed by atoms with Crippen LogP contribution in [0.5, 0.6) is 0 Å². The van der Waals surface area contributed by atoms with E-state index in [9.17, 15) is 4.79 Å². The first-order valence-electron chi connectivity index (χ1n) is 9.66. The number of carbonyl (C=O) groups is 1. The lowest BCUT2D eigenvalue weighted by molar-refractivity contribution is -0.118. The van der Waals surface area contributed by atoms with Gasteiger partial charge in [-0.1, -0.05) is 49.4 Å². The summed E-state index contributed by atoms with van der Waals surface area (Å²) in [7, 11) is 0. The Balaban J connectivity index is 1.71. The molecule has 0 unspecified atom stereocenters. The zero-order valence-electron chi connectivity index (χ0n) is 16.5. The fraction of sp³-hybridized carbons (Fsp3) is 0.130. The molecule has 0 aliphatic rings. The SMILES string of the molecule is CCC(=O)N(Cc1ccccc1)c1nccc(-c2cn[nH]c2-c2ccc(S)cc2)n1. The van der Waals surface area contributed by atoms with E-state index in [4.69, 9.17) is 4.98 Å². The molecule has 1 amide bonds. The van der Waals surface area contributed by atoms with E-state index >= 15 is 0 Å². The third-order valence-electron chi connectivity index (χ3n) is 4.74. The van der Waals surface area contributed by atoms with Crippen molar-refractivity contribution in [3.63, 3.8) is 0 Å². The maximum absolute atomic E-state index is 12.7. The Bertz CT molecular complexity index is 1140. The number of anilines is 1. The molecule has 6 nitrogen and oxygen atoms in total. The molecule has 0 bridgehead atoms. The minimum absolute atomic E-state index is 0.0345. The Morgan fingerprint density at radius 3 is 2.57 bits per heavy atom. The van der Waals surface area contributed by atoms with Gasteiger partial charge in [-0.3, -0.25) is 14.8 Å². The molecular weight excluding hydrogens is 394 g/mol. The van der Waals surface area contributed by atoms with Crippen molar-refractivity contribution in [3.05, 3.63) is 78.6 Å². The van der Waals surface area contributed by atoms with Crippen LogP contribution in [0.2, 0.25) is 0 Å². The average molecular weight is 416 g/mol. The van der Waals surface area contributed by atoms with Crippen molar-refractivity contribution in [2.24, 2.45) is 0 Å². The van der Waals surface area contributed by atoms with Crippen LogP contribution in [-0.4, -0.2) is 26.1 Å². The monoisotopic (exact) mass is 415 g/mol. The second-order valence-corrected chi connectivity index (χ2v) is 7.28. The van der Waals surface area contributed by atoms with Crippen LogP contribution in [0.15, 0.2) is 78.0 Å². The number of aromatic nitrogens is 4. The number of hydrogen-bond acceptors (Lipinski definition) is 5. The van der Waals surface area contributed by atoms with E-state index in [2.05, 4.69) is 27.8 Å². The van der Waals surface area contributed by atoms with Gasteiger partial charge in [-0.15, -0.1) is 12.6 Å². The topological polar surface area (TPSA) is 74.8 Å². The summed E-state index contributed by atoms with van der Waals surface area (Å²) in [5.41, 5.74) is 4.38. The molecule has 0 saturated carbocycles. The van der Waals surface area contributed by atoms with E-state index in [1.165, 1.54) is 0 Å². The third kappa shape index (κ3) is 4.26. The number of hydrogen-bond donors (Lipinski definition) is 2. The maximum atomic E-state index is 12.7. The van der Waals surface area contributed by atoms with Crippen LogP contribution in [0.4, 0.5) is 5.95 Å². The molecule has 150 valence electrons. The van der Waals surface area contributed by atoms with Gasteiger partial charge in [-0.05, 0) is 23.8 Å². The highest BCUT2D eigenvalue weighted by molar-refractivity contribution is 7.80. The predicted octanol–water partition coefficient (Wildman–Crippen LogP) is 4.77. The lowest BCUT2D eigenvalue weighted by Crippen LogP contribution is -2.31. The second-order valence-electron chi connectivity index (χ2n) is 6.77. The molecule has 2 heterocycles. The molecule has 0 atom stereocenters. The Labute approximate surface area is 180 Å². The molecular formula is C23H21N5OS. The van der Waals surface area contributed by atoms with Gasteiger partial charge in [0, 0.05) is 28.6 Å². The van der Waals surface area contributed by atoms with E-state index in [0.717, 1.165) is 27.3 Å². The van der Waals surface area contributed by atoms with Crippen molar-refractivity contribution in [2.75, 3.05) is 4.90 Å². The molecule has 2 aromatic heterocycles.